The van der Waals surface area contributed by atoms with Gasteiger partial charge in [-0.3, -0.25) is 0 Å². The standard InChI is InChI=1S/C22H23ClN2O5/c1-4-29-18-11-14(20-19(21(26)28-3)13(2)24-22(27)25-20)9-10-17(18)30-12-15-7-5-6-8-16(15)23/h5-11,20H,4,12H2,1-3H3,(H2,24,25,27). The van der Waals surface area contributed by atoms with E-state index in [1.54, 1.807) is 31.2 Å². The Morgan fingerprint density at radius 3 is 2.60 bits per heavy atom. The molecule has 7 nitrogen and oxygen atoms in total. The molecule has 0 saturated carbocycles. The van der Waals surface area contributed by atoms with Gasteiger partial charge in [0.15, 0.2) is 11.5 Å². The van der Waals surface area contributed by atoms with Crippen molar-refractivity contribution in [2.45, 2.75) is 26.5 Å². The Morgan fingerprint density at radius 1 is 1.13 bits per heavy atom. The van der Waals surface area contributed by atoms with Gasteiger partial charge in [0.05, 0.1) is 25.3 Å². The zero-order chi connectivity index (χ0) is 21.7. The van der Waals surface area contributed by atoms with Crippen LogP contribution in [0.2, 0.25) is 5.02 Å². The van der Waals surface area contributed by atoms with Gasteiger partial charge in [-0.2, -0.15) is 0 Å². The number of urea groups is 1. The van der Waals surface area contributed by atoms with Crippen LogP contribution in [0.15, 0.2) is 53.7 Å². The third kappa shape index (κ3) is 4.68. The number of rotatable bonds is 7. The van der Waals surface area contributed by atoms with Gasteiger partial charge in [0.2, 0.25) is 0 Å². The minimum Gasteiger partial charge on any atom is -0.490 e. The van der Waals surface area contributed by atoms with Gasteiger partial charge in [-0.25, -0.2) is 9.59 Å². The quantitative estimate of drug-likeness (QED) is 0.645. The monoisotopic (exact) mass is 430 g/mol. The lowest BCUT2D eigenvalue weighted by Crippen LogP contribution is -2.45. The van der Waals surface area contributed by atoms with E-state index < -0.39 is 18.0 Å². The number of methoxy groups -OCH3 is 1. The maximum atomic E-state index is 12.3. The Labute approximate surface area is 180 Å². The third-order valence-corrected chi connectivity index (χ3v) is 4.99. The van der Waals surface area contributed by atoms with Crippen molar-refractivity contribution in [3.63, 3.8) is 0 Å². The first kappa shape index (κ1) is 21.5. The van der Waals surface area contributed by atoms with Crippen LogP contribution in [-0.2, 0) is 16.1 Å². The van der Waals surface area contributed by atoms with Crippen LogP contribution in [0.4, 0.5) is 4.79 Å². The molecule has 3 rings (SSSR count). The van der Waals surface area contributed by atoms with E-state index in [4.69, 9.17) is 25.8 Å². The molecule has 0 saturated heterocycles. The van der Waals surface area contributed by atoms with E-state index >= 15 is 0 Å². The number of carbonyl (C=O) groups excluding carboxylic acids is 2. The zero-order valence-electron chi connectivity index (χ0n) is 17.0. The van der Waals surface area contributed by atoms with Crippen LogP contribution in [0.5, 0.6) is 11.5 Å². The van der Waals surface area contributed by atoms with E-state index in [1.807, 2.05) is 25.1 Å². The number of allylic oxidation sites excluding steroid dienone is 1. The number of nitrogens with one attached hydrogen (secondary N) is 2. The van der Waals surface area contributed by atoms with Gasteiger partial charge in [0.1, 0.15) is 6.61 Å². The van der Waals surface area contributed by atoms with Crippen molar-refractivity contribution >= 4 is 23.6 Å². The number of hydrogen-bond acceptors (Lipinski definition) is 5. The van der Waals surface area contributed by atoms with E-state index in [1.165, 1.54) is 7.11 Å². The molecule has 1 unspecified atom stereocenters. The molecule has 2 aromatic carbocycles. The number of carbonyl (C=O) groups is 2. The van der Waals surface area contributed by atoms with Crippen LogP contribution in [0.3, 0.4) is 0 Å². The Bertz CT molecular complexity index is 989. The molecule has 0 fully saturated rings. The van der Waals surface area contributed by atoms with E-state index in [9.17, 15) is 9.59 Å². The predicted octanol–water partition coefficient (Wildman–Crippen LogP) is 4.12. The molecule has 1 aliphatic heterocycles. The number of esters is 1. The fourth-order valence-electron chi connectivity index (χ4n) is 3.19. The van der Waals surface area contributed by atoms with Crippen LogP contribution >= 0.6 is 11.6 Å². The predicted molar refractivity (Wildman–Crippen MR) is 113 cm³/mol. The Balaban J connectivity index is 1.92. The second-order valence-electron chi connectivity index (χ2n) is 6.58. The summed E-state index contributed by atoms with van der Waals surface area (Å²) in [7, 11) is 1.30. The average Bonchev–Trinajstić information content (AvgIpc) is 2.73. The highest BCUT2D eigenvalue weighted by atomic mass is 35.5. The number of hydrogen-bond donors (Lipinski definition) is 2. The molecule has 1 atom stereocenters. The lowest BCUT2D eigenvalue weighted by atomic mass is 9.95. The Morgan fingerprint density at radius 2 is 1.90 bits per heavy atom. The van der Waals surface area contributed by atoms with E-state index in [0.29, 0.717) is 40.0 Å². The molecule has 30 heavy (non-hydrogen) atoms. The van der Waals surface area contributed by atoms with Crippen molar-refractivity contribution in [1.29, 1.82) is 0 Å². The zero-order valence-corrected chi connectivity index (χ0v) is 17.7. The lowest BCUT2D eigenvalue weighted by molar-refractivity contribution is -0.136. The number of benzene rings is 2. The fraction of sp³-hybridized carbons (Fsp3) is 0.273. The molecule has 0 bridgehead atoms. The van der Waals surface area contributed by atoms with Crippen molar-refractivity contribution in [2.24, 2.45) is 0 Å². The molecule has 2 aromatic rings. The fourth-order valence-corrected chi connectivity index (χ4v) is 3.38. The topological polar surface area (TPSA) is 85.9 Å². The summed E-state index contributed by atoms with van der Waals surface area (Å²) in [6.07, 6.45) is 0. The summed E-state index contributed by atoms with van der Waals surface area (Å²) in [4.78, 5) is 24.3. The second-order valence-corrected chi connectivity index (χ2v) is 6.99. The molecular formula is C22H23ClN2O5. The van der Waals surface area contributed by atoms with Crippen molar-refractivity contribution in [3.8, 4) is 11.5 Å². The van der Waals surface area contributed by atoms with Crippen LogP contribution in [0.25, 0.3) is 0 Å². The average molecular weight is 431 g/mol. The number of amides is 2. The SMILES string of the molecule is CCOc1cc(C2NC(=O)NC(C)=C2C(=O)OC)ccc1OCc1ccccc1Cl. The summed E-state index contributed by atoms with van der Waals surface area (Å²) in [5.41, 5.74) is 2.28. The van der Waals surface area contributed by atoms with Gasteiger partial charge in [-0.15, -0.1) is 0 Å². The second kappa shape index (κ2) is 9.54. The summed E-state index contributed by atoms with van der Waals surface area (Å²) in [6.45, 7) is 4.21. The van der Waals surface area contributed by atoms with Crippen LogP contribution in [0.1, 0.15) is 31.0 Å². The highest BCUT2D eigenvalue weighted by Gasteiger charge is 2.32. The first-order chi connectivity index (χ1) is 14.4. The molecule has 0 aromatic heterocycles. The van der Waals surface area contributed by atoms with Crippen LogP contribution in [0, 0.1) is 0 Å². The maximum absolute atomic E-state index is 12.3. The Hall–Kier alpha value is -3.19. The third-order valence-electron chi connectivity index (χ3n) is 4.62. The van der Waals surface area contributed by atoms with E-state index in [2.05, 4.69) is 10.6 Å². The van der Waals surface area contributed by atoms with Gasteiger partial charge in [-0.05, 0) is 37.6 Å². The van der Waals surface area contributed by atoms with Crippen LogP contribution < -0.4 is 20.1 Å². The van der Waals surface area contributed by atoms with Crippen molar-refractivity contribution in [1.82, 2.24) is 10.6 Å². The number of ether oxygens (including phenoxy) is 3. The minimum absolute atomic E-state index is 0.273. The van der Waals surface area contributed by atoms with Crippen molar-refractivity contribution in [2.75, 3.05) is 13.7 Å². The van der Waals surface area contributed by atoms with Gasteiger partial charge in [-0.1, -0.05) is 35.9 Å². The largest absolute Gasteiger partial charge is 0.490 e. The van der Waals surface area contributed by atoms with E-state index in [0.717, 1.165) is 5.56 Å². The molecule has 0 spiro atoms. The first-order valence-corrected chi connectivity index (χ1v) is 9.82. The van der Waals surface area contributed by atoms with Gasteiger partial charge in [0.25, 0.3) is 0 Å². The summed E-state index contributed by atoms with van der Waals surface area (Å²) >= 11 is 6.20. The highest BCUT2D eigenvalue weighted by molar-refractivity contribution is 6.31. The molecule has 0 radical (unpaired) electrons. The molecule has 2 N–H and O–H groups in total. The molecule has 2 amide bonds. The highest BCUT2D eigenvalue weighted by Crippen LogP contribution is 2.35. The molecular weight excluding hydrogens is 408 g/mol. The summed E-state index contributed by atoms with van der Waals surface area (Å²) in [5, 5.41) is 5.98. The maximum Gasteiger partial charge on any atom is 0.337 e. The van der Waals surface area contributed by atoms with Gasteiger partial charge in [0, 0.05) is 16.3 Å². The summed E-state index contributed by atoms with van der Waals surface area (Å²) in [5.74, 6) is 0.500. The number of halogens is 1. The van der Waals surface area contributed by atoms with E-state index in [-0.39, 0.29) is 6.61 Å². The lowest BCUT2D eigenvalue weighted by Gasteiger charge is -2.28. The molecule has 1 aliphatic rings. The minimum atomic E-state index is -0.678. The van der Waals surface area contributed by atoms with Crippen molar-refractivity contribution < 1.29 is 23.8 Å². The molecule has 1 heterocycles. The summed E-state index contributed by atoms with van der Waals surface area (Å²) < 4.78 is 16.6. The molecule has 8 heteroatoms. The summed E-state index contributed by atoms with van der Waals surface area (Å²) in [6, 6.07) is 11.6. The normalized spacial score (nSPS) is 15.9. The van der Waals surface area contributed by atoms with Crippen molar-refractivity contribution in [3.05, 3.63) is 69.9 Å². The van der Waals surface area contributed by atoms with Crippen LogP contribution in [-0.4, -0.2) is 25.7 Å². The Kier molecular flexibility index (Phi) is 6.84. The van der Waals surface area contributed by atoms with Gasteiger partial charge < -0.3 is 24.8 Å². The van der Waals surface area contributed by atoms with Gasteiger partial charge >= 0.3 is 12.0 Å². The first-order valence-electron chi connectivity index (χ1n) is 9.44. The molecule has 158 valence electrons. The molecule has 0 aliphatic carbocycles. The smallest absolute Gasteiger partial charge is 0.337 e.